The summed E-state index contributed by atoms with van der Waals surface area (Å²) in [6.45, 7) is 7.27. The average Bonchev–Trinajstić information content (AvgIpc) is 3.65. The number of phosphoric ester groups is 2. The van der Waals surface area contributed by atoms with Gasteiger partial charge in [-0.15, -0.1) is 0 Å². The Balaban J connectivity index is 5.20. The van der Waals surface area contributed by atoms with Gasteiger partial charge in [-0.3, -0.25) is 37.3 Å². The van der Waals surface area contributed by atoms with Gasteiger partial charge in [-0.2, -0.15) is 0 Å². The first-order chi connectivity index (χ1) is 45.1. The average molecular weight is 1370 g/mol. The number of aliphatic hydroxyl groups is 1. The molecule has 3 unspecified atom stereocenters. The lowest BCUT2D eigenvalue weighted by Gasteiger charge is -2.21. The maximum absolute atomic E-state index is 13.1. The molecule has 0 radical (unpaired) electrons. The molecule has 93 heavy (non-hydrogen) atoms. The van der Waals surface area contributed by atoms with E-state index in [0.29, 0.717) is 25.7 Å². The molecule has 0 saturated heterocycles. The van der Waals surface area contributed by atoms with E-state index in [0.717, 1.165) is 95.8 Å². The number of ether oxygens (including phenoxy) is 4. The Kier molecular flexibility index (Phi) is 65.9. The quantitative estimate of drug-likeness (QED) is 0.0222. The van der Waals surface area contributed by atoms with Crippen LogP contribution in [0.3, 0.4) is 0 Å². The first-order valence-corrected chi connectivity index (χ1v) is 41.7. The summed E-state index contributed by atoms with van der Waals surface area (Å²) in [6.07, 6.45) is 55.4. The Labute approximate surface area is 568 Å². The predicted octanol–water partition coefficient (Wildman–Crippen LogP) is 21.7. The van der Waals surface area contributed by atoms with Crippen molar-refractivity contribution < 1.29 is 80.2 Å². The van der Waals surface area contributed by atoms with E-state index in [1.165, 1.54) is 212 Å². The fourth-order valence-corrected chi connectivity index (χ4v) is 12.9. The Hall–Kier alpha value is -1.94. The third-order valence-electron chi connectivity index (χ3n) is 17.6. The van der Waals surface area contributed by atoms with Gasteiger partial charge in [0, 0.05) is 25.7 Å². The van der Waals surface area contributed by atoms with E-state index in [2.05, 4.69) is 34.6 Å². The van der Waals surface area contributed by atoms with Gasteiger partial charge in [-0.1, -0.05) is 336 Å². The number of unbranched alkanes of at least 4 members (excludes halogenated alkanes) is 45. The molecule has 552 valence electrons. The molecule has 17 nitrogen and oxygen atoms in total. The van der Waals surface area contributed by atoms with Crippen molar-refractivity contribution in [3.63, 3.8) is 0 Å². The van der Waals surface area contributed by atoms with E-state index in [4.69, 9.17) is 37.0 Å². The van der Waals surface area contributed by atoms with Crippen molar-refractivity contribution >= 4 is 39.5 Å². The second kappa shape index (κ2) is 67.3. The van der Waals surface area contributed by atoms with E-state index in [1.807, 2.05) is 0 Å². The molecule has 3 N–H and O–H groups in total. The van der Waals surface area contributed by atoms with Gasteiger partial charge < -0.3 is 33.8 Å². The Morgan fingerprint density at radius 1 is 0.301 bits per heavy atom. The zero-order valence-electron chi connectivity index (χ0n) is 60.4. The summed E-state index contributed by atoms with van der Waals surface area (Å²) in [5.74, 6) is -1.34. The molecule has 0 spiro atoms. The fraction of sp³-hybridized carbons (Fsp3) is 0.946. The summed E-state index contributed by atoms with van der Waals surface area (Å²) in [5.41, 5.74) is 0. The SMILES string of the molecule is CCCCCCCCCCCCCCCCCCCCCCC(=O)O[C@H](COC(=O)CCCCCCCCCCC(C)CC)COP(=O)(O)OC[C@@H](O)COP(=O)(O)OC[C@@H](COC(=O)CCCCCCCCCCCC)OC(=O)CCCCCCCCCCCCC. The summed E-state index contributed by atoms with van der Waals surface area (Å²) >= 11 is 0. The summed E-state index contributed by atoms with van der Waals surface area (Å²) in [5, 5.41) is 10.6. The molecule has 0 aromatic heterocycles. The number of phosphoric acid groups is 2. The highest BCUT2D eigenvalue weighted by Crippen LogP contribution is 2.45. The van der Waals surface area contributed by atoms with E-state index in [9.17, 15) is 43.2 Å². The monoisotopic (exact) mass is 1370 g/mol. The highest BCUT2D eigenvalue weighted by atomic mass is 31.2. The van der Waals surface area contributed by atoms with Gasteiger partial charge in [0.05, 0.1) is 26.4 Å². The lowest BCUT2D eigenvalue weighted by molar-refractivity contribution is -0.161. The molecule has 0 aliphatic carbocycles. The number of esters is 4. The first-order valence-electron chi connectivity index (χ1n) is 38.7. The van der Waals surface area contributed by atoms with E-state index in [-0.39, 0.29) is 25.7 Å². The fourth-order valence-electron chi connectivity index (χ4n) is 11.3. The van der Waals surface area contributed by atoms with Crippen molar-refractivity contribution in [2.24, 2.45) is 5.92 Å². The molecule has 0 bridgehead atoms. The topological polar surface area (TPSA) is 237 Å². The molecule has 0 aliphatic rings. The molecule has 0 fully saturated rings. The van der Waals surface area contributed by atoms with Gasteiger partial charge in [-0.25, -0.2) is 9.13 Å². The highest BCUT2D eigenvalue weighted by Gasteiger charge is 2.30. The van der Waals surface area contributed by atoms with Crippen LogP contribution in [-0.2, 0) is 65.4 Å². The van der Waals surface area contributed by atoms with Crippen LogP contribution in [-0.4, -0.2) is 96.7 Å². The minimum absolute atomic E-state index is 0.107. The molecule has 0 amide bonds. The van der Waals surface area contributed by atoms with E-state index in [1.54, 1.807) is 0 Å². The third-order valence-corrected chi connectivity index (χ3v) is 19.5. The summed E-state index contributed by atoms with van der Waals surface area (Å²) in [4.78, 5) is 72.7. The minimum atomic E-state index is -4.95. The van der Waals surface area contributed by atoms with Crippen molar-refractivity contribution in [2.45, 2.75) is 406 Å². The molecule has 0 aliphatic heterocycles. The van der Waals surface area contributed by atoms with Gasteiger partial charge in [0.2, 0.25) is 0 Å². The zero-order chi connectivity index (χ0) is 68.4. The Morgan fingerprint density at radius 3 is 0.763 bits per heavy atom. The summed E-state index contributed by atoms with van der Waals surface area (Å²) < 4.78 is 68.4. The number of aliphatic hydroxyl groups excluding tert-OH is 1. The van der Waals surface area contributed by atoms with Gasteiger partial charge in [0.15, 0.2) is 12.2 Å². The normalized spacial score (nSPS) is 14.3. The standard InChI is InChI=1S/C74H144O17P2/c1-6-10-13-16-19-22-25-26-27-28-29-30-31-32-33-35-38-45-50-55-60-74(79)91-70(64-85-72(77)58-53-48-43-40-39-41-46-51-56-67(5)9-4)66-89-93(82,83)87-62-68(75)61-86-92(80,81)88-65-69(63-84-71(76)57-52-47-42-36-24-21-18-15-12-8-3)90-73(78)59-54-49-44-37-34-23-20-17-14-11-7-2/h67-70,75H,6-66H2,1-5H3,(H,80,81)(H,82,83)/t67?,68-,69+,70+/m0/s1. The van der Waals surface area contributed by atoms with Crippen molar-refractivity contribution in [1.82, 2.24) is 0 Å². The lowest BCUT2D eigenvalue weighted by atomic mass is 9.99. The number of carbonyl (C=O) groups is 4. The summed E-state index contributed by atoms with van der Waals surface area (Å²) in [6, 6.07) is 0. The van der Waals surface area contributed by atoms with Crippen molar-refractivity contribution in [3.8, 4) is 0 Å². The number of hydrogen-bond acceptors (Lipinski definition) is 15. The smallest absolute Gasteiger partial charge is 0.462 e. The first kappa shape index (κ1) is 91.1. The molecule has 0 saturated carbocycles. The molecule has 6 atom stereocenters. The minimum Gasteiger partial charge on any atom is -0.462 e. The van der Waals surface area contributed by atoms with Gasteiger partial charge >= 0.3 is 39.5 Å². The zero-order valence-corrected chi connectivity index (χ0v) is 62.2. The van der Waals surface area contributed by atoms with Gasteiger partial charge in [0.1, 0.15) is 19.3 Å². The van der Waals surface area contributed by atoms with Crippen LogP contribution in [0.2, 0.25) is 0 Å². The van der Waals surface area contributed by atoms with Gasteiger partial charge in [-0.05, 0) is 31.6 Å². The molecule has 19 heteroatoms. The largest absolute Gasteiger partial charge is 0.472 e. The van der Waals surface area contributed by atoms with Crippen LogP contribution >= 0.6 is 15.6 Å². The second-order valence-electron chi connectivity index (χ2n) is 26.9. The highest BCUT2D eigenvalue weighted by molar-refractivity contribution is 7.47. The van der Waals surface area contributed by atoms with Crippen LogP contribution in [0, 0.1) is 5.92 Å². The van der Waals surface area contributed by atoms with Crippen molar-refractivity contribution in [3.05, 3.63) is 0 Å². The van der Waals surface area contributed by atoms with Gasteiger partial charge in [0.25, 0.3) is 0 Å². The molecule has 0 heterocycles. The number of carbonyl (C=O) groups excluding carboxylic acids is 4. The molecular formula is C74H144O17P2. The second-order valence-corrected chi connectivity index (χ2v) is 29.8. The summed E-state index contributed by atoms with van der Waals surface area (Å²) in [7, 11) is -9.90. The van der Waals surface area contributed by atoms with Crippen LogP contribution in [0.15, 0.2) is 0 Å². The van der Waals surface area contributed by atoms with Crippen LogP contribution in [0.1, 0.15) is 388 Å². The molecule has 0 aromatic carbocycles. The molecular weight excluding hydrogens is 1220 g/mol. The Bertz CT molecular complexity index is 1790. The van der Waals surface area contributed by atoms with Crippen molar-refractivity contribution in [1.29, 1.82) is 0 Å². The number of rotatable bonds is 74. The molecule has 0 aromatic rings. The molecule has 0 rings (SSSR count). The van der Waals surface area contributed by atoms with E-state index >= 15 is 0 Å². The predicted molar refractivity (Wildman–Crippen MR) is 377 cm³/mol. The Morgan fingerprint density at radius 2 is 0.516 bits per heavy atom. The van der Waals surface area contributed by atoms with Crippen molar-refractivity contribution in [2.75, 3.05) is 39.6 Å². The van der Waals surface area contributed by atoms with Crippen LogP contribution in [0.25, 0.3) is 0 Å². The van der Waals surface area contributed by atoms with Crippen LogP contribution < -0.4 is 0 Å². The van der Waals surface area contributed by atoms with E-state index < -0.39 is 97.5 Å². The third kappa shape index (κ3) is 67.0. The lowest BCUT2D eigenvalue weighted by Crippen LogP contribution is -2.30. The maximum atomic E-state index is 13.1. The maximum Gasteiger partial charge on any atom is 0.472 e. The van der Waals surface area contributed by atoms with Crippen LogP contribution in [0.5, 0.6) is 0 Å². The number of hydrogen-bond donors (Lipinski definition) is 3. The van der Waals surface area contributed by atoms with Crippen LogP contribution in [0.4, 0.5) is 0 Å².